The molecular formula is C15H31Cl2N3O. The fraction of sp³-hybridized carbons (Fsp3) is 0.933. The van der Waals surface area contributed by atoms with Crippen LogP contribution in [-0.2, 0) is 4.79 Å². The molecule has 21 heavy (non-hydrogen) atoms. The van der Waals surface area contributed by atoms with Crippen LogP contribution in [-0.4, -0.2) is 61.5 Å². The fourth-order valence-electron chi connectivity index (χ4n) is 3.60. The zero-order chi connectivity index (χ0) is 13.8. The van der Waals surface area contributed by atoms with Gasteiger partial charge in [-0.25, -0.2) is 0 Å². The number of carbonyl (C=O) groups excluding carboxylic acids is 1. The highest BCUT2D eigenvalue weighted by atomic mass is 35.5. The van der Waals surface area contributed by atoms with Gasteiger partial charge in [0.05, 0.1) is 5.92 Å². The van der Waals surface area contributed by atoms with Gasteiger partial charge in [-0.2, -0.15) is 0 Å². The molecule has 2 aliphatic rings. The summed E-state index contributed by atoms with van der Waals surface area (Å²) in [4.78, 5) is 17.1. The van der Waals surface area contributed by atoms with Crippen molar-refractivity contribution in [3.8, 4) is 0 Å². The molecule has 0 bridgehead atoms. The summed E-state index contributed by atoms with van der Waals surface area (Å²) in [6.07, 6.45) is 3.31. The van der Waals surface area contributed by atoms with E-state index >= 15 is 0 Å². The van der Waals surface area contributed by atoms with Crippen molar-refractivity contribution in [3.05, 3.63) is 0 Å². The molecule has 0 aromatic rings. The van der Waals surface area contributed by atoms with Gasteiger partial charge in [0.15, 0.2) is 0 Å². The third-order valence-corrected chi connectivity index (χ3v) is 4.88. The predicted octanol–water partition coefficient (Wildman–Crippen LogP) is 2.02. The Kier molecular flexibility index (Phi) is 9.87. The van der Waals surface area contributed by atoms with Gasteiger partial charge < -0.3 is 15.1 Å². The lowest BCUT2D eigenvalue weighted by atomic mass is 9.90. The second-order valence-corrected chi connectivity index (χ2v) is 6.22. The van der Waals surface area contributed by atoms with E-state index in [0.717, 1.165) is 52.0 Å². The Balaban J connectivity index is 0.00000200. The SMILES string of the molecule is CCN1CCC(N(C)C(=O)C2CCCNC2)C(C)C1.Cl.Cl. The van der Waals surface area contributed by atoms with Crippen LogP contribution in [0.4, 0.5) is 0 Å². The van der Waals surface area contributed by atoms with Crippen LogP contribution in [0.3, 0.4) is 0 Å². The lowest BCUT2D eigenvalue weighted by Gasteiger charge is -2.42. The van der Waals surface area contributed by atoms with Crippen molar-refractivity contribution in [2.24, 2.45) is 11.8 Å². The molecule has 1 amide bonds. The topological polar surface area (TPSA) is 35.6 Å². The van der Waals surface area contributed by atoms with Gasteiger partial charge in [0, 0.05) is 32.7 Å². The Labute approximate surface area is 141 Å². The minimum absolute atomic E-state index is 0. The molecule has 0 aromatic heterocycles. The smallest absolute Gasteiger partial charge is 0.226 e. The third-order valence-electron chi connectivity index (χ3n) is 4.88. The molecule has 3 atom stereocenters. The van der Waals surface area contributed by atoms with E-state index in [0.29, 0.717) is 17.9 Å². The summed E-state index contributed by atoms with van der Waals surface area (Å²) in [5, 5.41) is 3.35. The molecule has 0 radical (unpaired) electrons. The average Bonchev–Trinajstić information content (AvgIpc) is 2.46. The lowest BCUT2D eigenvalue weighted by molar-refractivity contribution is -0.139. The standard InChI is InChI=1S/C15H29N3O.2ClH/c1-4-18-9-7-14(12(2)11-18)17(3)15(19)13-6-5-8-16-10-13;;/h12-14,16H,4-11H2,1-3H3;2*1H. The minimum Gasteiger partial charge on any atom is -0.342 e. The van der Waals surface area contributed by atoms with E-state index in [1.165, 1.54) is 0 Å². The van der Waals surface area contributed by atoms with Gasteiger partial charge in [-0.15, -0.1) is 24.8 Å². The van der Waals surface area contributed by atoms with Crippen molar-refractivity contribution in [2.45, 2.75) is 39.2 Å². The molecule has 2 heterocycles. The highest BCUT2D eigenvalue weighted by Gasteiger charge is 2.33. The number of amides is 1. The summed E-state index contributed by atoms with van der Waals surface area (Å²) < 4.78 is 0. The molecule has 3 unspecified atom stereocenters. The molecule has 6 heteroatoms. The Hall–Kier alpha value is -0.0300. The minimum atomic E-state index is 0. The first-order valence-corrected chi connectivity index (χ1v) is 7.83. The number of rotatable bonds is 3. The van der Waals surface area contributed by atoms with Crippen LogP contribution < -0.4 is 5.32 Å². The van der Waals surface area contributed by atoms with Crippen molar-refractivity contribution >= 4 is 30.7 Å². The van der Waals surface area contributed by atoms with Crippen molar-refractivity contribution in [1.29, 1.82) is 0 Å². The zero-order valence-corrected chi connectivity index (χ0v) is 15.1. The molecule has 0 aromatic carbocycles. The first-order chi connectivity index (χ1) is 9.13. The Morgan fingerprint density at radius 3 is 2.57 bits per heavy atom. The van der Waals surface area contributed by atoms with Crippen LogP contribution in [0.25, 0.3) is 0 Å². The molecule has 0 saturated carbocycles. The molecule has 2 aliphatic heterocycles. The van der Waals surface area contributed by atoms with Gasteiger partial charge in [0.1, 0.15) is 0 Å². The highest BCUT2D eigenvalue weighted by Crippen LogP contribution is 2.23. The fourth-order valence-corrected chi connectivity index (χ4v) is 3.60. The number of nitrogens with zero attached hydrogens (tertiary/aromatic N) is 2. The van der Waals surface area contributed by atoms with E-state index in [4.69, 9.17) is 0 Å². The average molecular weight is 340 g/mol. The number of hydrogen-bond donors (Lipinski definition) is 1. The van der Waals surface area contributed by atoms with Crippen molar-refractivity contribution in [3.63, 3.8) is 0 Å². The maximum atomic E-state index is 12.6. The highest BCUT2D eigenvalue weighted by molar-refractivity contribution is 5.85. The Morgan fingerprint density at radius 2 is 2.05 bits per heavy atom. The van der Waals surface area contributed by atoms with Gasteiger partial charge in [-0.1, -0.05) is 13.8 Å². The van der Waals surface area contributed by atoms with Gasteiger partial charge in [-0.05, 0) is 38.3 Å². The molecule has 2 rings (SSSR count). The number of likely N-dealkylation sites (tertiary alicyclic amines) is 1. The summed E-state index contributed by atoms with van der Waals surface area (Å²) in [7, 11) is 2.01. The summed E-state index contributed by atoms with van der Waals surface area (Å²) in [5.74, 6) is 1.14. The molecule has 0 spiro atoms. The summed E-state index contributed by atoms with van der Waals surface area (Å²) in [6, 6.07) is 0.428. The van der Waals surface area contributed by atoms with Gasteiger partial charge in [-0.3, -0.25) is 4.79 Å². The quantitative estimate of drug-likeness (QED) is 0.854. The van der Waals surface area contributed by atoms with E-state index in [9.17, 15) is 4.79 Å². The molecule has 4 nitrogen and oxygen atoms in total. The summed E-state index contributed by atoms with van der Waals surface area (Å²) in [6.45, 7) is 9.82. The van der Waals surface area contributed by atoms with E-state index in [-0.39, 0.29) is 30.7 Å². The van der Waals surface area contributed by atoms with Crippen LogP contribution >= 0.6 is 24.8 Å². The normalized spacial score (nSPS) is 30.0. The lowest BCUT2D eigenvalue weighted by Crippen LogP contribution is -2.53. The Bertz CT molecular complexity index is 311. The largest absolute Gasteiger partial charge is 0.342 e. The van der Waals surface area contributed by atoms with E-state index < -0.39 is 0 Å². The van der Waals surface area contributed by atoms with Gasteiger partial charge >= 0.3 is 0 Å². The van der Waals surface area contributed by atoms with Crippen LogP contribution in [0.2, 0.25) is 0 Å². The summed E-state index contributed by atoms with van der Waals surface area (Å²) in [5.41, 5.74) is 0. The molecule has 0 aliphatic carbocycles. The van der Waals surface area contributed by atoms with Gasteiger partial charge in [0.2, 0.25) is 5.91 Å². The van der Waals surface area contributed by atoms with Crippen molar-refractivity contribution < 1.29 is 4.79 Å². The molecule has 2 fully saturated rings. The number of carbonyl (C=O) groups is 1. The molecule has 2 saturated heterocycles. The monoisotopic (exact) mass is 339 g/mol. The second-order valence-electron chi connectivity index (χ2n) is 6.22. The number of piperidine rings is 2. The van der Waals surface area contributed by atoms with E-state index in [2.05, 4.69) is 29.0 Å². The van der Waals surface area contributed by atoms with E-state index in [1.54, 1.807) is 0 Å². The second kappa shape index (κ2) is 9.88. The maximum Gasteiger partial charge on any atom is 0.226 e. The number of hydrogen-bond acceptors (Lipinski definition) is 3. The molecule has 126 valence electrons. The number of nitrogens with one attached hydrogen (secondary N) is 1. The molecule has 1 N–H and O–H groups in total. The summed E-state index contributed by atoms with van der Waals surface area (Å²) >= 11 is 0. The number of halogens is 2. The van der Waals surface area contributed by atoms with Crippen molar-refractivity contribution in [2.75, 3.05) is 39.8 Å². The van der Waals surface area contributed by atoms with Crippen LogP contribution in [0.15, 0.2) is 0 Å². The zero-order valence-electron chi connectivity index (χ0n) is 13.5. The van der Waals surface area contributed by atoms with Crippen molar-refractivity contribution in [1.82, 2.24) is 15.1 Å². The molecular weight excluding hydrogens is 309 g/mol. The van der Waals surface area contributed by atoms with E-state index in [1.807, 2.05) is 7.05 Å². The van der Waals surface area contributed by atoms with Crippen LogP contribution in [0.1, 0.15) is 33.1 Å². The first-order valence-electron chi connectivity index (χ1n) is 7.83. The maximum absolute atomic E-state index is 12.6. The predicted molar refractivity (Wildman–Crippen MR) is 92.5 cm³/mol. The Morgan fingerprint density at radius 1 is 1.33 bits per heavy atom. The third kappa shape index (κ3) is 5.27. The van der Waals surface area contributed by atoms with Crippen LogP contribution in [0, 0.1) is 11.8 Å². The first kappa shape index (κ1) is 21.0. The van der Waals surface area contributed by atoms with Gasteiger partial charge in [0.25, 0.3) is 0 Å². The van der Waals surface area contributed by atoms with Crippen LogP contribution in [0.5, 0.6) is 0 Å².